The Hall–Kier alpha value is -3.20. The number of para-hydroxylation sites is 1. The van der Waals surface area contributed by atoms with Gasteiger partial charge in [0.05, 0.1) is 10.7 Å². The number of fused-ring (bicyclic) bond motifs is 1. The van der Waals surface area contributed by atoms with Crippen LogP contribution in [0.5, 0.6) is 0 Å². The molecule has 0 atom stereocenters. The molecule has 4 aromatic rings. The molecule has 2 aromatic carbocycles. The largest absolute Gasteiger partial charge is 0.368 e. The van der Waals surface area contributed by atoms with E-state index in [4.69, 9.17) is 34.0 Å². The number of carbonyl (C=O) groups is 1. The summed E-state index contributed by atoms with van der Waals surface area (Å²) >= 11 is 12.8. The Balaban J connectivity index is 1.42. The zero-order valence-corrected chi connectivity index (χ0v) is 22.5. The van der Waals surface area contributed by atoms with E-state index in [-0.39, 0.29) is 5.91 Å². The van der Waals surface area contributed by atoms with E-state index in [1.54, 1.807) is 6.33 Å². The topological polar surface area (TPSA) is 93.2 Å². The van der Waals surface area contributed by atoms with E-state index in [1.807, 2.05) is 53.2 Å². The average Bonchev–Trinajstić information content (AvgIpc) is 3.34. The summed E-state index contributed by atoms with van der Waals surface area (Å²) in [5, 5.41) is 6.24. The Morgan fingerprint density at radius 1 is 0.868 bits per heavy atom. The van der Waals surface area contributed by atoms with Crippen molar-refractivity contribution in [2.45, 2.75) is 37.6 Å². The highest BCUT2D eigenvalue weighted by atomic mass is 35.5. The number of rotatable bonds is 5. The lowest BCUT2D eigenvalue weighted by Crippen LogP contribution is -2.63. The molecule has 0 aliphatic carbocycles. The van der Waals surface area contributed by atoms with Gasteiger partial charge in [0, 0.05) is 23.7 Å². The maximum atomic E-state index is 12.7. The first kappa shape index (κ1) is 25.1. The van der Waals surface area contributed by atoms with Gasteiger partial charge < -0.3 is 10.6 Å². The van der Waals surface area contributed by atoms with Crippen LogP contribution in [-0.4, -0.2) is 62.3 Å². The van der Waals surface area contributed by atoms with E-state index in [0.29, 0.717) is 41.5 Å². The van der Waals surface area contributed by atoms with Gasteiger partial charge in [-0.2, -0.15) is 5.10 Å². The maximum Gasteiger partial charge on any atom is 0.238 e. The van der Waals surface area contributed by atoms with E-state index in [0.717, 1.165) is 54.2 Å². The van der Waals surface area contributed by atoms with Crippen LogP contribution in [0.25, 0.3) is 28.0 Å². The summed E-state index contributed by atoms with van der Waals surface area (Å²) in [5.74, 6) is 0.521. The molecule has 2 aliphatic rings. The molecule has 38 heavy (non-hydrogen) atoms. The number of nitrogens with two attached hydrogens (primary N) is 1. The number of amides is 1. The minimum Gasteiger partial charge on any atom is -0.368 e. The number of piperidine rings is 2. The van der Waals surface area contributed by atoms with Gasteiger partial charge in [0.1, 0.15) is 23.1 Å². The first-order valence-electron chi connectivity index (χ1n) is 13.0. The normalized spacial score (nSPS) is 18.1. The molecule has 2 fully saturated rings. The molecule has 6 rings (SSSR count). The Kier molecular flexibility index (Phi) is 6.72. The zero-order chi connectivity index (χ0) is 26.3. The molecule has 2 aliphatic heterocycles. The van der Waals surface area contributed by atoms with Crippen molar-refractivity contribution in [1.29, 1.82) is 0 Å². The fourth-order valence-electron chi connectivity index (χ4n) is 5.91. The molecule has 0 saturated carbocycles. The fraction of sp³-hybridized carbons (Fsp3) is 0.357. The van der Waals surface area contributed by atoms with Crippen molar-refractivity contribution < 1.29 is 4.79 Å². The Morgan fingerprint density at radius 3 is 2.26 bits per heavy atom. The van der Waals surface area contributed by atoms with Crippen LogP contribution in [0.3, 0.4) is 0 Å². The van der Waals surface area contributed by atoms with E-state index >= 15 is 0 Å². The van der Waals surface area contributed by atoms with Gasteiger partial charge in [0.2, 0.25) is 5.91 Å². The Bertz CT molecular complexity index is 1470. The van der Waals surface area contributed by atoms with Gasteiger partial charge in [-0.25, -0.2) is 14.6 Å². The van der Waals surface area contributed by atoms with Crippen LogP contribution >= 0.6 is 23.2 Å². The molecule has 4 heterocycles. The second-order valence-corrected chi connectivity index (χ2v) is 10.9. The first-order valence-corrected chi connectivity index (χ1v) is 13.8. The van der Waals surface area contributed by atoms with Gasteiger partial charge in [0.25, 0.3) is 0 Å². The molecule has 0 spiro atoms. The quantitative estimate of drug-likeness (QED) is 0.372. The summed E-state index contributed by atoms with van der Waals surface area (Å²) < 4.78 is 1.83. The summed E-state index contributed by atoms with van der Waals surface area (Å²) in [6, 6.07) is 15.2. The third kappa shape index (κ3) is 4.30. The lowest BCUT2D eigenvalue weighted by molar-refractivity contribution is -0.132. The van der Waals surface area contributed by atoms with Gasteiger partial charge in [-0.1, -0.05) is 53.9 Å². The second-order valence-electron chi connectivity index (χ2n) is 10.0. The number of hydrogen-bond donors (Lipinski definition) is 1. The third-order valence-electron chi connectivity index (χ3n) is 7.95. The smallest absolute Gasteiger partial charge is 0.238 e. The summed E-state index contributed by atoms with van der Waals surface area (Å²) in [4.78, 5) is 26.6. The van der Waals surface area contributed by atoms with Crippen molar-refractivity contribution >= 4 is 46.0 Å². The highest BCUT2D eigenvalue weighted by molar-refractivity contribution is 6.32. The van der Waals surface area contributed by atoms with Crippen molar-refractivity contribution in [2.75, 3.05) is 31.1 Å². The van der Waals surface area contributed by atoms with Crippen LogP contribution < -0.4 is 10.6 Å². The monoisotopic (exact) mass is 549 g/mol. The van der Waals surface area contributed by atoms with E-state index in [9.17, 15) is 4.79 Å². The number of hydrogen-bond acceptors (Lipinski definition) is 6. The summed E-state index contributed by atoms with van der Waals surface area (Å²) in [6.07, 6.45) is 6.32. The van der Waals surface area contributed by atoms with Crippen LogP contribution in [0, 0.1) is 0 Å². The second kappa shape index (κ2) is 10.2. The molecular weight excluding hydrogens is 521 g/mol. The third-order valence-corrected chi connectivity index (χ3v) is 8.52. The number of aromatic nitrogens is 4. The zero-order valence-electron chi connectivity index (χ0n) is 21.0. The number of likely N-dealkylation sites (tertiary alicyclic amines) is 1. The van der Waals surface area contributed by atoms with Gasteiger partial charge in [-0.3, -0.25) is 9.69 Å². The van der Waals surface area contributed by atoms with Crippen LogP contribution in [0.2, 0.25) is 10.0 Å². The van der Waals surface area contributed by atoms with Crippen LogP contribution in [0.15, 0.2) is 54.9 Å². The number of primary amides is 1. The predicted octanol–water partition coefficient (Wildman–Crippen LogP) is 5.10. The molecular formula is C28H29Cl2N7O. The average molecular weight is 550 g/mol. The van der Waals surface area contributed by atoms with Crippen LogP contribution in [-0.2, 0) is 4.79 Å². The standard InChI is InChI=1S/C28H29Cl2N7O/c29-20-10-8-19(9-11-20)25-23-24(34-37(25)22-7-3-2-6-21(22)30)26(33-18-32-23)35-16-12-28(13-17-35,27(31)38)36-14-4-1-5-15-36/h2-3,6-11,18H,1,4-5,12-17H2,(H2,31,38). The summed E-state index contributed by atoms with van der Waals surface area (Å²) in [7, 11) is 0. The van der Waals surface area contributed by atoms with Crippen molar-refractivity contribution in [3.63, 3.8) is 0 Å². The van der Waals surface area contributed by atoms with Gasteiger partial charge in [-0.15, -0.1) is 0 Å². The lowest BCUT2D eigenvalue weighted by Gasteiger charge is -2.48. The molecule has 196 valence electrons. The number of benzene rings is 2. The highest BCUT2D eigenvalue weighted by Gasteiger charge is 2.45. The molecule has 8 nitrogen and oxygen atoms in total. The van der Waals surface area contributed by atoms with E-state index in [1.165, 1.54) is 6.42 Å². The summed E-state index contributed by atoms with van der Waals surface area (Å²) in [5.41, 5.74) is 9.30. The molecule has 2 N–H and O–H groups in total. The lowest BCUT2D eigenvalue weighted by atomic mass is 9.83. The highest BCUT2D eigenvalue weighted by Crippen LogP contribution is 2.38. The van der Waals surface area contributed by atoms with Gasteiger partial charge in [0.15, 0.2) is 11.3 Å². The molecule has 2 saturated heterocycles. The van der Waals surface area contributed by atoms with Crippen molar-refractivity contribution in [1.82, 2.24) is 24.6 Å². The molecule has 10 heteroatoms. The van der Waals surface area contributed by atoms with Crippen molar-refractivity contribution in [2.24, 2.45) is 5.73 Å². The molecule has 0 radical (unpaired) electrons. The minimum atomic E-state index is -0.603. The van der Waals surface area contributed by atoms with E-state index in [2.05, 4.69) is 19.8 Å². The molecule has 1 amide bonds. The predicted molar refractivity (Wildman–Crippen MR) is 151 cm³/mol. The Labute approximate surface area is 231 Å². The number of carbonyl (C=O) groups excluding carboxylic acids is 1. The fourth-order valence-corrected chi connectivity index (χ4v) is 6.25. The summed E-state index contributed by atoms with van der Waals surface area (Å²) in [6.45, 7) is 3.16. The van der Waals surface area contributed by atoms with Gasteiger partial charge in [-0.05, 0) is 63.0 Å². The molecule has 2 aromatic heterocycles. The van der Waals surface area contributed by atoms with Gasteiger partial charge >= 0.3 is 0 Å². The van der Waals surface area contributed by atoms with Crippen LogP contribution in [0.4, 0.5) is 5.82 Å². The van der Waals surface area contributed by atoms with Crippen molar-refractivity contribution in [3.8, 4) is 16.9 Å². The maximum absolute atomic E-state index is 12.7. The first-order chi connectivity index (χ1) is 18.5. The number of nitrogens with zero attached hydrogens (tertiary/aromatic N) is 6. The molecule has 0 bridgehead atoms. The molecule has 0 unspecified atom stereocenters. The number of anilines is 1. The van der Waals surface area contributed by atoms with Crippen molar-refractivity contribution in [3.05, 3.63) is 64.9 Å². The van der Waals surface area contributed by atoms with E-state index < -0.39 is 5.54 Å². The Morgan fingerprint density at radius 2 is 1.58 bits per heavy atom. The SMILES string of the molecule is NC(=O)C1(N2CCCCC2)CCN(c2ncnc3c(-c4ccc(Cl)cc4)n(-c4ccccc4Cl)nc23)CC1. The number of halogens is 2. The van der Waals surface area contributed by atoms with Crippen LogP contribution in [0.1, 0.15) is 32.1 Å². The minimum absolute atomic E-state index is 0.222.